The number of benzene rings is 1. The molecule has 0 bridgehead atoms. The van der Waals surface area contributed by atoms with Crippen LogP contribution >= 0.6 is 11.8 Å². The molecule has 0 spiro atoms. The van der Waals surface area contributed by atoms with E-state index in [1.807, 2.05) is 24.9 Å². The Morgan fingerprint density at radius 1 is 1.25 bits per heavy atom. The molecule has 0 aromatic heterocycles. The molecule has 0 amide bonds. The van der Waals surface area contributed by atoms with E-state index in [1.54, 1.807) is 7.11 Å². The second-order valence-corrected chi connectivity index (χ2v) is 5.67. The number of ether oxygens (including phenoxy) is 1. The molecule has 0 radical (unpaired) electrons. The van der Waals surface area contributed by atoms with E-state index in [0.717, 1.165) is 5.75 Å². The Labute approximate surface area is 103 Å². The SMILES string of the molecule is CNC(C)c1c(OC)cccc1SC(C)C. The Bertz CT molecular complexity index is 339. The molecular weight excluding hydrogens is 218 g/mol. The predicted octanol–water partition coefficient (Wildman–Crippen LogP) is 3.48. The topological polar surface area (TPSA) is 21.3 Å². The maximum atomic E-state index is 5.44. The highest BCUT2D eigenvalue weighted by Crippen LogP contribution is 2.36. The van der Waals surface area contributed by atoms with Crippen LogP contribution in [0.15, 0.2) is 23.1 Å². The summed E-state index contributed by atoms with van der Waals surface area (Å²) in [6.07, 6.45) is 0. The van der Waals surface area contributed by atoms with E-state index in [2.05, 4.69) is 38.2 Å². The van der Waals surface area contributed by atoms with Crippen molar-refractivity contribution in [3.63, 3.8) is 0 Å². The molecule has 16 heavy (non-hydrogen) atoms. The van der Waals surface area contributed by atoms with Crippen molar-refractivity contribution >= 4 is 11.8 Å². The Morgan fingerprint density at radius 2 is 1.94 bits per heavy atom. The van der Waals surface area contributed by atoms with Gasteiger partial charge in [0.15, 0.2) is 0 Å². The molecule has 1 unspecified atom stereocenters. The first-order valence-electron chi connectivity index (χ1n) is 5.61. The summed E-state index contributed by atoms with van der Waals surface area (Å²) in [7, 11) is 3.70. The van der Waals surface area contributed by atoms with Gasteiger partial charge in [-0.15, -0.1) is 11.8 Å². The molecule has 0 aliphatic rings. The highest BCUT2D eigenvalue weighted by atomic mass is 32.2. The van der Waals surface area contributed by atoms with Gasteiger partial charge in [0.1, 0.15) is 5.75 Å². The van der Waals surface area contributed by atoms with Gasteiger partial charge < -0.3 is 10.1 Å². The Morgan fingerprint density at radius 3 is 2.44 bits per heavy atom. The van der Waals surface area contributed by atoms with Gasteiger partial charge in [-0.05, 0) is 26.1 Å². The van der Waals surface area contributed by atoms with Crippen LogP contribution in [0.2, 0.25) is 0 Å². The minimum absolute atomic E-state index is 0.303. The maximum Gasteiger partial charge on any atom is 0.124 e. The van der Waals surface area contributed by atoms with E-state index in [0.29, 0.717) is 11.3 Å². The van der Waals surface area contributed by atoms with Crippen LogP contribution in [0.3, 0.4) is 0 Å². The first-order valence-corrected chi connectivity index (χ1v) is 6.49. The molecule has 0 saturated heterocycles. The first-order chi connectivity index (χ1) is 7.60. The summed E-state index contributed by atoms with van der Waals surface area (Å²) >= 11 is 1.88. The minimum Gasteiger partial charge on any atom is -0.496 e. The molecule has 0 aliphatic carbocycles. The fourth-order valence-corrected chi connectivity index (χ4v) is 2.70. The van der Waals surface area contributed by atoms with Crippen molar-refractivity contribution in [2.45, 2.75) is 37.0 Å². The zero-order valence-electron chi connectivity index (χ0n) is 10.7. The molecule has 1 atom stereocenters. The zero-order valence-corrected chi connectivity index (χ0v) is 11.5. The second-order valence-electron chi connectivity index (χ2n) is 4.05. The van der Waals surface area contributed by atoms with E-state index >= 15 is 0 Å². The van der Waals surface area contributed by atoms with Gasteiger partial charge >= 0.3 is 0 Å². The Hall–Kier alpha value is -0.670. The summed E-state index contributed by atoms with van der Waals surface area (Å²) in [6, 6.07) is 6.54. The molecule has 1 aromatic rings. The van der Waals surface area contributed by atoms with Gasteiger partial charge in [0.25, 0.3) is 0 Å². The third-order valence-corrected chi connectivity index (χ3v) is 3.56. The fraction of sp³-hybridized carbons (Fsp3) is 0.538. The van der Waals surface area contributed by atoms with E-state index in [1.165, 1.54) is 10.5 Å². The molecule has 1 rings (SSSR count). The van der Waals surface area contributed by atoms with Crippen LogP contribution in [0.5, 0.6) is 5.75 Å². The number of thioether (sulfide) groups is 1. The highest BCUT2D eigenvalue weighted by Gasteiger charge is 2.15. The zero-order chi connectivity index (χ0) is 12.1. The predicted molar refractivity (Wildman–Crippen MR) is 71.5 cm³/mol. The quantitative estimate of drug-likeness (QED) is 0.795. The van der Waals surface area contributed by atoms with E-state index in [-0.39, 0.29) is 0 Å². The van der Waals surface area contributed by atoms with E-state index in [4.69, 9.17) is 4.74 Å². The lowest BCUT2D eigenvalue weighted by Gasteiger charge is -2.19. The van der Waals surface area contributed by atoms with Crippen LogP contribution in [0.25, 0.3) is 0 Å². The van der Waals surface area contributed by atoms with Gasteiger partial charge in [0.2, 0.25) is 0 Å². The van der Waals surface area contributed by atoms with Gasteiger partial charge in [-0.25, -0.2) is 0 Å². The normalized spacial score (nSPS) is 12.9. The lowest BCUT2D eigenvalue weighted by atomic mass is 10.1. The van der Waals surface area contributed by atoms with E-state index in [9.17, 15) is 0 Å². The first kappa shape index (κ1) is 13.4. The van der Waals surface area contributed by atoms with Crippen LogP contribution in [-0.2, 0) is 0 Å². The molecule has 1 aromatic carbocycles. The van der Waals surface area contributed by atoms with Gasteiger partial charge in [0, 0.05) is 21.8 Å². The van der Waals surface area contributed by atoms with Crippen molar-refractivity contribution in [3.05, 3.63) is 23.8 Å². The molecule has 1 N–H and O–H groups in total. The number of nitrogens with one attached hydrogen (secondary N) is 1. The van der Waals surface area contributed by atoms with Gasteiger partial charge in [-0.3, -0.25) is 0 Å². The van der Waals surface area contributed by atoms with Crippen LogP contribution in [0.4, 0.5) is 0 Å². The summed E-state index contributed by atoms with van der Waals surface area (Å²) in [6.45, 7) is 6.57. The number of rotatable bonds is 5. The maximum absolute atomic E-state index is 5.44. The third kappa shape index (κ3) is 3.16. The van der Waals surface area contributed by atoms with Crippen LogP contribution in [0.1, 0.15) is 32.4 Å². The second kappa shape index (κ2) is 6.16. The van der Waals surface area contributed by atoms with Crippen LogP contribution in [-0.4, -0.2) is 19.4 Å². The number of methoxy groups -OCH3 is 1. The summed E-state index contributed by atoms with van der Waals surface area (Å²) < 4.78 is 5.44. The van der Waals surface area contributed by atoms with Crippen molar-refractivity contribution in [3.8, 4) is 5.75 Å². The smallest absolute Gasteiger partial charge is 0.124 e. The highest BCUT2D eigenvalue weighted by molar-refractivity contribution is 8.00. The van der Waals surface area contributed by atoms with Crippen molar-refractivity contribution < 1.29 is 4.74 Å². The largest absolute Gasteiger partial charge is 0.496 e. The van der Waals surface area contributed by atoms with Crippen molar-refractivity contribution in [2.24, 2.45) is 0 Å². The molecule has 0 saturated carbocycles. The van der Waals surface area contributed by atoms with Crippen molar-refractivity contribution in [1.82, 2.24) is 5.32 Å². The summed E-state index contributed by atoms with van der Waals surface area (Å²) in [5, 5.41) is 3.85. The monoisotopic (exact) mass is 239 g/mol. The summed E-state index contributed by atoms with van der Waals surface area (Å²) in [4.78, 5) is 1.30. The Kier molecular flexibility index (Phi) is 5.16. The van der Waals surface area contributed by atoms with Crippen LogP contribution < -0.4 is 10.1 Å². The molecule has 90 valence electrons. The molecule has 2 nitrogen and oxygen atoms in total. The number of hydrogen-bond donors (Lipinski definition) is 1. The summed E-state index contributed by atoms with van der Waals surface area (Å²) in [5.74, 6) is 0.965. The van der Waals surface area contributed by atoms with Gasteiger partial charge in [0.05, 0.1) is 7.11 Å². The molecule has 3 heteroatoms. The van der Waals surface area contributed by atoms with Gasteiger partial charge in [-0.1, -0.05) is 19.9 Å². The Balaban J connectivity index is 3.14. The lowest BCUT2D eigenvalue weighted by Crippen LogP contribution is -2.14. The summed E-state index contributed by atoms with van der Waals surface area (Å²) in [5.41, 5.74) is 1.26. The standard InChI is InChI=1S/C13H21NOS/c1-9(2)16-12-8-6-7-11(15-5)13(12)10(3)14-4/h6-10,14H,1-5H3. The van der Waals surface area contributed by atoms with E-state index < -0.39 is 0 Å². The number of hydrogen-bond acceptors (Lipinski definition) is 3. The molecular formula is C13H21NOS. The average molecular weight is 239 g/mol. The van der Waals surface area contributed by atoms with Crippen molar-refractivity contribution in [1.29, 1.82) is 0 Å². The average Bonchev–Trinajstić information content (AvgIpc) is 2.27. The van der Waals surface area contributed by atoms with Gasteiger partial charge in [-0.2, -0.15) is 0 Å². The fourth-order valence-electron chi connectivity index (χ4n) is 1.63. The molecule has 0 aliphatic heterocycles. The minimum atomic E-state index is 0.303. The lowest BCUT2D eigenvalue weighted by molar-refractivity contribution is 0.401. The van der Waals surface area contributed by atoms with Crippen LogP contribution in [0, 0.1) is 0 Å². The molecule has 0 fully saturated rings. The third-order valence-electron chi connectivity index (χ3n) is 2.47. The molecule has 0 heterocycles. The van der Waals surface area contributed by atoms with Crippen molar-refractivity contribution in [2.75, 3.05) is 14.2 Å².